The van der Waals surface area contributed by atoms with Gasteiger partial charge in [0.05, 0.1) is 0 Å². The summed E-state index contributed by atoms with van der Waals surface area (Å²) < 4.78 is 0. The van der Waals surface area contributed by atoms with E-state index in [0.717, 1.165) is 12.2 Å². The lowest BCUT2D eigenvalue weighted by Crippen LogP contribution is -2.41. The summed E-state index contributed by atoms with van der Waals surface area (Å²) in [4.78, 5) is 21.8. The highest BCUT2D eigenvalue weighted by molar-refractivity contribution is 7.99. The standard InChI is InChI=1S/C16H31NO3S/c1-3-4-5-6-7-8-9-10-11-12-21-13-15(16(19)20)17-14(2)18/h15H,3-13H2,1-2H3,(H,17,18)(H,19,20)/t15-/m0/s1. The molecule has 5 heteroatoms. The monoisotopic (exact) mass is 317 g/mol. The van der Waals surface area contributed by atoms with E-state index in [4.69, 9.17) is 5.11 Å². The smallest absolute Gasteiger partial charge is 0.327 e. The average molecular weight is 317 g/mol. The second kappa shape index (κ2) is 14.2. The number of nitrogens with one attached hydrogen (secondary N) is 1. The zero-order valence-corrected chi connectivity index (χ0v) is 14.3. The number of carbonyl (C=O) groups is 2. The van der Waals surface area contributed by atoms with E-state index in [-0.39, 0.29) is 5.91 Å². The third-order valence-electron chi connectivity index (χ3n) is 3.35. The third kappa shape index (κ3) is 14.0. The van der Waals surface area contributed by atoms with Gasteiger partial charge >= 0.3 is 5.97 Å². The number of thioether (sulfide) groups is 1. The maximum atomic E-state index is 10.9. The van der Waals surface area contributed by atoms with Crippen molar-refractivity contribution in [2.24, 2.45) is 0 Å². The minimum absolute atomic E-state index is 0.286. The highest BCUT2D eigenvalue weighted by atomic mass is 32.2. The van der Waals surface area contributed by atoms with Crippen molar-refractivity contribution in [2.75, 3.05) is 11.5 Å². The van der Waals surface area contributed by atoms with Gasteiger partial charge < -0.3 is 10.4 Å². The molecule has 1 amide bonds. The quantitative estimate of drug-likeness (QED) is 0.478. The van der Waals surface area contributed by atoms with Crippen molar-refractivity contribution in [2.45, 2.75) is 77.7 Å². The predicted octanol–water partition coefficient (Wildman–Crippen LogP) is 3.84. The van der Waals surface area contributed by atoms with Crippen LogP contribution in [0.25, 0.3) is 0 Å². The highest BCUT2D eigenvalue weighted by Gasteiger charge is 2.17. The number of hydrogen-bond acceptors (Lipinski definition) is 3. The zero-order chi connectivity index (χ0) is 15.9. The summed E-state index contributed by atoms with van der Waals surface area (Å²) in [5.74, 6) is 0.182. The van der Waals surface area contributed by atoms with E-state index in [1.165, 1.54) is 58.3 Å². The van der Waals surface area contributed by atoms with Gasteiger partial charge in [-0.1, -0.05) is 58.3 Å². The van der Waals surface area contributed by atoms with Gasteiger partial charge in [0.1, 0.15) is 6.04 Å². The lowest BCUT2D eigenvalue weighted by atomic mass is 10.1. The highest BCUT2D eigenvalue weighted by Crippen LogP contribution is 2.12. The summed E-state index contributed by atoms with van der Waals surface area (Å²) in [5, 5.41) is 11.4. The maximum Gasteiger partial charge on any atom is 0.327 e. The summed E-state index contributed by atoms with van der Waals surface area (Å²) >= 11 is 1.61. The van der Waals surface area contributed by atoms with Gasteiger partial charge in [0.25, 0.3) is 0 Å². The number of aliphatic carboxylic acids is 1. The Balaban J connectivity index is 3.38. The molecule has 0 bridgehead atoms. The minimum Gasteiger partial charge on any atom is -0.480 e. The normalized spacial score (nSPS) is 12.1. The van der Waals surface area contributed by atoms with Crippen LogP contribution < -0.4 is 5.32 Å². The molecule has 0 unspecified atom stereocenters. The molecule has 0 fully saturated rings. The molecule has 4 nitrogen and oxygen atoms in total. The molecule has 124 valence electrons. The Morgan fingerprint density at radius 3 is 2.00 bits per heavy atom. The van der Waals surface area contributed by atoms with Crippen LogP contribution in [0.15, 0.2) is 0 Å². The summed E-state index contributed by atoms with van der Waals surface area (Å²) in [6.07, 6.45) is 11.7. The van der Waals surface area contributed by atoms with Gasteiger partial charge in [-0.15, -0.1) is 0 Å². The van der Waals surface area contributed by atoms with Crippen LogP contribution in [0.1, 0.15) is 71.6 Å². The second-order valence-electron chi connectivity index (χ2n) is 5.49. The molecule has 0 aliphatic carbocycles. The molecule has 2 N–H and O–H groups in total. The van der Waals surface area contributed by atoms with Gasteiger partial charge in [-0.3, -0.25) is 4.79 Å². The fraction of sp³-hybridized carbons (Fsp3) is 0.875. The van der Waals surface area contributed by atoms with E-state index in [0.29, 0.717) is 5.75 Å². The number of carbonyl (C=O) groups excluding carboxylic acids is 1. The Morgan fingerprint density at radius 2 is 1.52 bits per heavy atom. The molecular weight excluding hydrogens is 286 g/mol. The first kappa shape index (κ1) is 20.3. The predicted molar refractivity (Wildman–Crippen MR) is 89.8 cm³/mol. The molecule has 21 heavy (non-hydrogen) atoms. The number of carboxylic acids is 1. The lowest BCUT2D eigenvalue weighted by Gasteiger charge is -2.12. The van der Waals surface area contributed by atoms with E-state index < -0.39 is 12.0 Å². The van der Waals surface area contributed by atoms with Crippen molar-refractivity contribution in [3.8, 4) is 0 Å². The summed E-state index contributed by atoms with van der Waals surface area (Å²) in [6, 6.07) is -0.758. The number of carboxylic acid groups (broad SMARTS) is 1. The fourth-order valence-electron chi connectivity index (χ4n) is 2.14. The van der Waals surface area contributed by atoms with E-state index in [9.17, 15) is 9.59 Å². The molecule has 0 spiro atoms. The Hall–Kier alpha value is -0.710. The number of rotatable bonds is 14. The van der Waals surface area contributed by atoms with Gasteiger partial charge in [-0.25, -0.2) is 4.79 Å². The SMILES string of the molecule is CCCCCCCCCCCSC[C@H](NC(C)=O)C(=O)O. The Labute approximate surface area is 133 Å². The van der Waals surface area contributed by atoms with Crippen LogP contribution in [0.2, 0.25) is 0 Å². The van der Waals surface area contributed by atoms with E-state index in [2.05, 4.69) is 12.2 Å². The van der Waals surface area contributed by atoms with Crippen LogP contribution in [0, 0.1) is 0 Å². The summed E-state index contributed by atoms with van der Waals surface area (Å²) in [7, 11) is 0. The first-order valence-corrected chi connectivity index (χ1v) is 9.31. The van der Waals surface area contributed by atoms with Crippen molar-refractivity contribution >= 4 is 23.6 Å². The second-order valence-corrected chi connectivity index (χ2v) is 6.64. The molecule has 0 rings (SSSR count). The van der Waals surface area contributed by atoms with Crippen LogP contribution in [-0.2, 0) is 9.59 Å². The molecule has 0 aliphatic heterocycles. The lowest BCUT2D eigenvalue weighted by molar-refractivity contribution is -0.140. The van der Waals surface area contributed by atoms with Crippen LogP contribution in [0.4, 0.5) is 0 Å². The Morgan fingerprint density at radius 1 is 1.00 bits per heavy atom. The van der Waals surface area contributed by atoms with Crippen molar-refractivity contribution in [3.63, 3.8) is 0 Å². The fourth-order valence-corrected chi connectivity index (χ4v) is 3.17. The number of hydrogen-bond donors (Lipinski definition) is 2. The number of unbranched alkanes of at least 4 members (excludes halogenated alkanes) is 8. The molecule has 0 aromatic heterocycles. The van der Waals surface area contributed by atoms with Crippen LogP contribution in [0.3, 0.4) is 0 Å². The van der Waals surface area contributed by atoms with Gasteiger partial charge in [-0.2, -0.15) is 11.8 Å². The van der Waals surface area contributed by atoms with Gasteiger partial charge in [0, 0.05) is 12.7 Å². The molecule has 0 aromatic carbocycles. The Kier molecular flexibility index (Phi) is 13.8. The molecule has 0 aromatic rings. The van der Waals surface area contributed by atoms with Gasteiger partial charge in [0.15, 0.2) is 0 Å². The van der Waals surface area contributed by atoms with Crippen molar-refractivity contribution in [1.82, 2.24) is 5.32 Å². The Bertz CT molecular complexity index is 285. The topological polar surface area (TPSA) is 66.4 Å². The minimum atomic E-state index is -0.954. The first-order chi connectivity index (χ1) is 10.1. The molecule has 0 aliphatic rings. The van der Waals surface area contributed by atoms with Crippen LogP contribution in [0.5, 0.6) is 0 Å². The molecule has 0 heterocycles. The average Bonchev–Trinajstić information content (AvgIpc) is 2.42. The molecule has 0 saturated carbocycles. The summed E-state index contributed by atoms with van der Waals surface area (Å²) in [5.41, 5.74) is 0. The van der Waals surface area contributed by atoms with Crippen molar-refractivity contribution in [3.05, 3.63) is 0 Å². The zero-order valence-electron chi connectivity index (χ0n) is 13.5. The molecule has 0 saturated heterocycles. The third-order valence-corrected chi connectivity index (χ3v) is 4.50. The van der Waals surface area contributed by atoms with Crippen LogP contribution in [-0.4, -0.2) is 34.5 Å². The van der Waals surface area contributed by atoms with Crippen LogP contribution >= 0.6 is 11.8 Å². The van der Waals surface area contributed by atoms with Crippen molar-refractivity contribution in [1.29, 1.82) is 0 Å². The molecule has 0 radical (unpaired) electrons. The van der Waals surface area contributed by atoms with E-state index >= 15 is 0 Å². The van der Waals surface area contributed by atoms with E-state index in [1.54, 1.807) is 11.8 Å². The first-order valence-electron chi connectivity index (χ1n) is 8.15. The van der Waals surface area contributed by atoms with Crippen molar-refractivity contribution < 1.29 is 14.7 Å². The van der Waals surface area contributed by atoms with E-state index in [1.807, 2.05) is 0 Å². The summed E-state index contributed by atoms with van der Waals surface area (Å²) in [6.45, 7) is 3.58. The van der Waals surface area contributed by atoms with Gasteiger partial charge in [-0.05, 0) is 12.2 Å². The number of amides is 1. The maximum absolute atomic E-state index is 10.9. The van der Waals surface area contributed by atoms with Gasteiger partial charge in [0.2, 0.25) is 5.91 Å². The largest absolute Gasteiger partial charge is 0.480 e. The molecule has 1 atom stereocenters. The molecular formula is C16H31NO3S.